The van der Waals surface area contributed by atoms with E-state index in [0.29, 0.717) is 22.9 Å². The van der Waals surface area contributed by atoms with Gasteiger partial charge in [-0.3, -0.25) is 4.79 Å². The highest BCUT2D eigenvalue weighted by Gasteiger charge is 2.20. The van der Waals surface area contributed by atoms with Crippen LogP contribution in [0.2, 0.25) is 5.02 Å². The predicted molar refractivity (Wildman–Crippen MR) is 118 cm³/mol. The molecule has 0 aliphatic rings. The number of hydrogen-bond acceptors (Lipinski definition) is 4. The quantitative estimate of drug-likeness (QED) is 0.524. The van der Waals surface area contributed by atoms with Gasteiger partial charge in [0.25, 0.3) is 5.91 Å². The third-order valence-electron chi connectivity index (χ3n) is 4.47. The smallest absolute Gasteiger partial charge is 0.258 e. The number of nitrogens with one attached hydrogen (secondary N) is 2. The van der Waals surface area contributed by atoms with Gasteiger partial charge in [0.1, 0.15) is 11.6 Å². The molecule has 0 radical (unpaired) electrons. The van der Waals surface area contributed by atoms with Crippen molar-refractivity contribution in [2.75, 3.05) is 19.0 Å². The van der Waals surface area contributed by atoms with Gasteiger partial charge >= 0.3 is 0 Å². The molecule has 0 unspecified atom stereocenters. The first-order valence-corrected chi connectivity index (χ1v) is 11.1. The van der Waals surface area contributed by atoms with E-state index in [1.165, 1.54) is 7.11 Å². The van der Waals surface area contributed by atoms with E-state index < -0.39 is 27.3 Å². The van der Waals surface area contributed by atoms with E-state index in [-0.39, 0.29) is 11.4 Å². The summed E-state index contributed by atoms with van der Waals surface area (Å²) in [5.41, 5.74) is 0.846. The van der Waals surface area contributed by atoms with Crippen LogP contribution in [-0.2, 0) is 16.4 Å². The van der Waals surface area contributed by atoms with Gasteiger partial charge in [-0.05, 0) is 54.4 Å². The molecule has 0 heterocycles. The largest absolute Gasteiger partial charge is 0.495 e. The Morgan fingerprint density at radius 2 is 1.77 bits per heavy atom. The Morgan fingerprint density at radius 3 is 2.48 bits per heavy atom. The summed E-state index contributed by atoms with van der Waals surface area (Å²) >= 11 is 5.84. The number of carbonyl (C=O) groups is 1. The van der Waals surface area contributed by atoms with Crippen LogP contribution < -0.4 is 14.8 Å². The molecular weight excluding hydrogens is 443 g/mol. The summed E-state index contributed by atoms with van der Waals surface area (Å²) in [7, 11) is -2.51. The molecule has 9 heteroatoms. The molecule has 0 atom stereocenters. The number of methoxy groups -OCH3 is 1. The number of ether oxygens (including phenoxy) is 1. The molecular formula is C22H20ClFN2O4S. The lowest BCUT2D eigenvalue weighted by Gasteiger charge is -2.12. The van der Waals surface area contributed by atoms with E-state index >= 15 is 0 Å². The fourth-order valence-corrected chi connectivity index (χ4v) is 4.03. The Hall–Kier alpha value is -2.94. The van der Waals surface area contributed by atoms with E-state index in [2.05, 4.69) is 10.0 Å². The highest BCUT2D eigenvalue weighted by Crippen LogP contribution is 2.24. The average molecular weight is 463 g/mol. The number of benzene rings is 3. The third kappa shape index (κ3) is 5.81. The van der Waals surface area contributed by atoms with Crippen LogP contribution in [-0.4, -0.2) is 28.0 Å². The molecule has 0 bridgehead atoms. The van der Waals surface area contributed by atoms with E-state index in [1.54, 1.807) is 48.5 Å². The van der Waals surface area contributed by atoms with Crippen LogP contribution in [0.5, 0.6) is 5.75 Å². The summed E-state index contributed by atoms with van der Waals surface area (Å²) in [4.78, 5) is 12.4. The number of sulfonamides is 1. The fraction of sp³-hybridized carbons (Fsp3) is 0.136. The van der Waals surface area contributed by atoms with Crippen molar-refractivity contribution in [3.05, 3.63) is 88.7 Å². The van der Waals surface area contributed by atoms with E-state index in [1.807, 2.05) is 0 Å². The maximum absolute atomic E-state index is 14.3. The standard InChI is InChI=1S/C22H20ClFN2O4S/c1-30-21-5-3-2-4-20(21)26-22(27)18-14-17(10-11-19(18)24)31(28,29)25-13-12-15-6-8-16(23)9-7-15/h2-11,14,25H,12-13H2,1H3,(H,26,27). The molecule has 0 aliphatic heterocycles. The Morgan fingerprint density at radius 1 is 1.06 bits per heavy atom. The number of rotatable bonds is 8. The topological polar surface area (TPSA) is 84.5 Å². The molecule has 0 saturated carbocycles. The highest BCUT2D eigenvalue weighted by molar-refractivity contribution is 7.89. The molecule has 3 rings (SSSR count). The predicted octanol–water partition coefficient (Wildman–Crippen LogP) is 4.26. The molecule has 3 aromatic rings. The molecule has 2 N–H and O–H groups in total. The lowest BCUT2D eigenvalue weighted by Crippen LogP contribution is -2.26. The minimum Gasteiger partial charge on any atom is -0.495 e. The molecule has 3 aromatic carbocycles. The van der Waals surface area contributed by atoms with Crippen LogP contribution >= 0.6 is 11.6 Å². The second kappa shape index (κ2) is 9.91. The van der Waals surface area contributed by atoms with Gasteiger partial charge in [-0.2, -0.15) is 0 Å². The fourth-order valence-electron chi connectivity index (χ4n) is 2.85. The highest BCUT2D eigenvalue weighted by atomic mass is 35.5. The van der Waals surface area contributed by atoms with Crippen molar-refractivity contribution in [2.24, 2.45) is 0 Å². The van der Waals surface area contributed by atoms with Gasteiger partial charge in [0.15, 0.2) is 0 Å². The molecule has 162 valence electrons. The van der Waals surface area contributed by atoms with Crippen LogP contribution in [0.1, 0.15) is 15.9 Å². The maximum Gasteiger partial charge on any atom is 0.258 e. The van der Waals surface area contributed by atoms with Crippen LogP contribution in [0.3, 0.4) is 0 Å². The Bertz CT molecular complexity index is 1180. The van der Waals surface area contributed by atoms with Gasteiger partial charge in [0.05, 0.1) is 23.3 Å². The maximum atomic E-state index is 14.3. The van der Waals surface area contributed by atoms with Gasteiger partial charge in [0, 0.05) is 11.6 Å². The van der Waals surface area contributed by atoms with Crippen molar-refractivity contribution in [3.63, 3.8) is 0 Å². The second-order valence-electron chi connectivity index (χ2n) is 6.57. The number of halogens is 2. The first-order valence-electron chi connectivity index (χ1n) is 9.28. The minimum absolute atomic E-state index is 0.129. The summed E-state index contributed by atoms with van der Waals surface area (Å²) in [5.74, 6) is -1.24. The van der Waals surface area contributed by atoms with Crippen LogP contribution in [0.15, 0.2) is 71.6 Å². The SMILES string of the molecule is COc1ccccc1NC(=O)c1cc(S(=O)(=O)NCCc2ccc(Cl)cc2)ccc1F. The van der Waals surface area contributed by atoms with Gasteiger partial charge in [0.2, 0.25) is 10.0 Å². The van der Waals surface area contributed by atoms with Crippen molar-refractivity contribution in [1.29, 1.82) is 0 Å². The molecule has 0 spiro atoms. The summed E-state index contributed by atoms with van der Waals surface area (Å²) in [6.45, 7) is 0.129. The third-order valence-corrected chi connectivity index (χ3v) is 6.18. The summed E-state index contributed by atoms with van der Waals surface area (Å²) in [6, 6.07) is 16.7. The zero-order chi connectivity index (χ0) is 22.4. The molecule has 6 nitrogen and oxygen atoms in total. The van der Waals surface area contributed by atoms with Crippen molar-refractivity contribution in [1.82, 2.24) is 4.72 Å². The molecule has 0 aromatic heterocycles. The number of anilines is 1. The van der Waals surface area contributed by atoms with Crippen LogP contribution in [0, 0.1) is 5.82 Å². The van der Waals surface area contributed by atoms with E-state index in [9.17, 15) is 17.6 Å². The lowest BCUT2D eigenvalue weighted by atomic mass is 10.2. The Labute approximate surface area is 185 Å². The van der Waals surface area contributed by atoms with Crippen LogP contribution in [0.4, 0.5) is 10.1 Å². The van der Waals surface area contributed by atoms with Crippen LogP contribution in [0.25, 0.3) is 0 Å². The summed E-state index contributed by atoms with van der Waals surface area (Å²) in [6.07, 6.45) is 0.443. The van der Waals surface area contributed by atoms with Gasteiger partial charge < -0.3 is 10.1 Å². The lowest BCUT2D eigenvalue weighted by molar-refractivity contribution is 0.102. The normalized spacial score (nSPS) is 11.2. The van der Waals surface area contributed by atoms with E-state index in [0.717, 1.165) is 23.8 Å². The van der Waals surface area contributed by atoms with Gasteiger partial charge in [-0.1, -0.05) is 35.9 Å². The molecule has 0 fully saturated rings. The van der Waals surface area contributed by atoms with Gasteiger partial charge in [-0.25, -0.2) is 17.5 Å². The number of para-hydroxylation sites is 2. The zero-order valence-electron chi connectivity index (χ0n) is 16.6. The van der Waals surface area contributed by atoms with Crippen molar-refractivity contribution >= 4 is 33.2 Å². The van der Waals surface area contributed by atoms with Crippen molar-refractivity contribution in [3.8, 4) is 5.75 Å². The Kier molecular flexibility index (Phi) is 7.27. The summed E-state index contributed by atoms with van der Waals surface area (Å²) in [5, 5.41) is 3.13. The monoisotopic (exact) mass is 462 g/mol. The molecule has 1 amide bonds. The first kappa shape index (κ1) is 22.7. The zero-order valence-corrected chi connectivity index (χ0v) is 18.1. The second-order valence-corrected chi connectivity index (χ2v) is 8.77. The molecule has 0 aliphatic carbocycles. The van der Waals surface area contributed by atoms with Gasteiger partial charge in [-0.15, -0.1) is 0 Å². The van der Waals surface area contributed by atoms with Crippen molar-refractivity contribution < 1.29 is 22.3 Å². The van der Waals surface area contributed by atoms with E-state index in [4.69, 9.17) is 16.3 Å². The molecule has 0 saturated heterocycles. The Balaban J connectivity index is 1.74. The average Bonchev–Trinajstić information content (AvgIpc) is 2.75. The number of hydrogen-bond donors (Lipinski definition) is 2. The first-order chi connectivity index (χ1) is 14.8. The number of amides is 1. The minimum atomic E-state index is -3.94. The summed E-state index contributed by atoms with van der Waals surface area (Å²) < 4.78 is 47.1. The van der Waals surface area contributed by atoms with Crippen molar-refractivity contribution in [2.45, 2.75) is 11.3 Å². The molecule has 31 heavy (non-hydrogen) atoms. The number of carbonyl (C=O) groups excluding carboxylic acids is 1.